The molecular weight excluding hydrogens is 236 g/mol. The zero-order chi connectivity index (χ0) is 11.7. The number of aromatic nitrogens is 3. The Morgan fingerprint density at radius 1 is 1.41 bits per heavy atom. The van der Waals surface area contributed by atoms with Crippen LogP contribution >= 0.6 is 11.5 Å². The molecule has 3 aromatic rings. The Bertz CT molecular complexity index is 632. The van der Waals surface area contributed by atoms with E-state index in [1.807, 2.05) is 30.5 Å². The lowest BCUT2D eigenvalue weighted by Gasteiger charge is -2.02. The third-order valence-corrected chi connectivity index (χ3v) is 2.93. The van der Waals surface area contributed by atoms with Gasteiger partial charge in [0.15, 0.2) is 11.5 Å². The fourth-order valence-corrected chi connectivity index (χ4v) is 2.06. The smallest absolute Gasteiger partial charge is 0.192 e. The molecule has 86 valence electrons. The summed E-state index contributed by atoms with van der Waals surface area (Å²) in [6, 6.07) is 5.84. The van der Waals surface area contributed by atoms with Gasteiger partial charge >= 0.3 is 0 Å². The molecule has 0 spiro atoms. The molecule has 0 bridgehead atoms. The Kier molecular flexibility index (Phi) is 2.49. The molecule has 0 amide bonds. The van der Waals surface area contributed by atoms with E-state index in [0.29, 0.717) is 12.4 Å². The highest BCUT2D eigenvalue weighted by atomic mass is 32.1. The molecule has 1 aromatic carbocycles. The molecule has 0 saturated heterocycles. The summed E-state index contributed by atoms with van der Waals surface area (Å²) < 4.78 is 9.23. The van der Waals surface area contributed by atoms with E-state index >= 15 is 0 Å². The minimum absolute atomic E-state index is 0.666. The van der Waals surface area contributed by atoms with Crippen molar-refractivity contribution in [3.8, 4) is 0 Å². The standard InChI is InChI=1S/C11H10N4OS/c1-7-13-10-4-8(2-3-11(10)16-7)12-5-9-6-17-15-14-9/h2-4,6,12H,5H2,1H3. The number of anilines is 1. The molecule has 3 rings (SSSR count). The molecule has 0 aliphatic carbocycles. The predicted octanol–water partition coefficient (Wildman–Crippen LogP) is 2.60. The van der Waals surface area contributed by atoms with Crippen molar-refractivity contribution in [2.45, 2.75) is 13.5 Å². The number of nitrogens with one attached hydrogen (secondary N) is 1. The molecule has 17 heavy (non-hydrogen) atoms. The molecular formula is C11H10N4OS. The minimum atomic E-state index is 0.666. The molecule has 0 fully saturated rings. The van der Waals surface area contributed by atoms with Gasteiger partial charge in [0.25, 0.3) is 0 Å². The summed E-state index contributed by atoms with van der Waals surface area (Å²) in [4.78, 5) is 4.29. The molecule has 0 aliphatic rings. The van der Waals surface area contributed by atoms with E-state index in [4.69, 9.17) is 4.42 Å². The molecule has 0 atom stereocenters. The Labute approximate surface area is 102 Å². The van der Waals surface area contributed by atoms with Gasteiger partial charge in [-0.3, -0.25) is 0 Å². The van der Waals surface area contributed by atoms with Crippen LogP contribution in [0.25, 0.3) is 11.1 Å². The van der Waals surface area contributed by atoms with Crippen LogP contribution in [0.15, 0.2) is 28.0 Å². The Hall–Kier alpha value is -1.95. The van der Waals surface area contributed by atoms with E-state index in [1.54, 1.807) is 0 Å². The quantitative estimate of drug-likeness (QED) is 0.769. The van der Waals surface area contributed by atoms with Gasteiger partial charge in [-0.2, -0.15) is 0 Å². The average Bonchev–Trinajstić information content (AvgIpc) is 2.92. The van der Waals surface area contributed by atoms with Crippen LogP contribution in [0.3, 0.4) is 0 Å². The van der Waals surface area contributed by atoms with Crippen molar-refractivity contribution in [2.24, 2.45) is 0 Å². The Balaban J connectivity index is 1.81. The molecule has 0 unspecified atom stereocenters. The van der Waals surface area contributed by atoms with Crippen molar-refractivity contribution in [3.63, 3.8) is 0 Å². The summed E-state index contributed by atoms with van der Waals surface area (Å²) in [5.41, 5.74) is 3.61. The van der Waals surface area contributed by atoms with Gasteiger partial charge in [0.05, 0.1) is 12.2 Å². The molecule has 5 nitrogen and oxygen atoms in total. The first-order valence-electron chi connectivity index (χ1n) is 5.18. The average molecular weight is 246 g/mol. The topological polar surface area (TPSA) is 63.8 Å². The first-order valence-corrected chi connectivity index (χ1v) is 6.02. The van der Waals surface area contributed by atoms with Gasteiger partial charge in [-0.05, 0) is 29.7 Å². The van der Waals surface area contributed by atoms with E-state index in [2.05, 4.69) is 19.9 Å². The zero-order valence-electron chi connectivity index (χ0n) is 9.17. The van der Waals surface area contributed by atoms with Gasteiger partial charge in [-0.1, -0.05) is 4.49 Å². The molecule has 0 radical (unpaired) electrons. The molecule has 0 saturated carbocycles. The molecule has 1 N–H and O–H groups in total. The second kappa shape index (κ2) is 4.14. The van der Waals surface area contributed by atoms with Gasteiger partial charge < -0.3 is 9.73 Å². The van der Waals surface area contributed by atoms with Gasteiger partial charge in [-0.15, -0.1) is 5.10 Å². The summed E-state index contributed by atoms with van der Waals surface area (Å²) in [7, 11) is 0. The van der Waals surface area contributed by atoms with Crippen molar-refractivity contribution in [3.05, 3.63) is 35.2 Å². The van der Waals surface area contributed by atoms with Crippen LogP contribution in [0.1, 0.15) is 11.6 Å². The number of rotatable bonds is 3. The molecule has 0 aliphatic heterocycles. The monoisotopic (exact) mass is 246 g/mol. The van der Waals surface area contributed by atoms with Gasteiger partial charge in [-0.25, -0.2) is 4.98 Å². The third-order valence-electron chi connectivity index (χ3n) is 2.37. The van der Waals surface area contributed by atoms with E-state index in [9.17, 15) is 0 Å². The van der Waals surface area contributed by atoms with Crippen LogP contribution in [0.5, 0.6) is 0 Å². The Morgan fingerprint density at radius 2 is 2.35 bits per heavy atom. The summed E-state index contributed by atoms with van der Waals surface area (Å²) >= 11 is 1.35. The van der Waals surface area contributed by atoms with Crippen LogP contribution in [-0.4, -0.2) is 14.6 Å². The van der Waals surface area contributed by atoms with Crippen LogP contribution < -0.4 is 5.32 Å². The fraction of sp³-hybridized carbons (Fsp3) is 0.182. The second-order valence-electron chi connectivity index (χ2n) is 3.67. The highest BCUT2D eigenvalue weighted by molar-refractivity contribution is 7.03. The van der Waals surface area contributed by atoms with Gasteiger partial charge in [0, 0.05) is 18.0 Å². The summed E-state index contributed by atoms with van der Waals surface area (Å²) in [6.07, 6.45) is 0. The minimum Gasteiger partial charge on any atom is -0.441 e. The first kappa shape index (κ1) is 10.2. The van der Waals surface area contributed by atoms with Gasteiger partial charge in [0.2, 0.25) is 0 Å². The predicted molar refractivity (Wildman–Crippen MR) is 66.0 cm³/mol. The van der Waals surface area contributed by atoms with E-state index in [1.165, 1.54) is 11.5 Å². The normalized spacial score (nSPS) is 10.9. The molecule has 2 heterocycles. The van der Waals surface area contributed by atoms with E-state index in [0.717, 1.165) is 22.5 Å². The van der Waals surface area contributed by atoms with Crippen molar-refractivity contribution in [1.82, 2.24) is 14.6 Å². The van der Waals surface area contributed by atoms with Crippen molar-refractivity contribution in [1.29, 1.82) is 0 Å². The highest BCUT2D eigenvalue weighted by Gasteiger charge is 2.03. The first-order chi connectivity index (χ1) is 8.31. The lowest BCUT2D eigenvalue weighted by atomic mass is 10.3. The lowest BCUT2D eigenvalue weighted by molar-refractivity contribution is 0.561. The number of benzene rings is 1. The summed E-state index contributed by atoms with van der Waals surface area (Å²) in [5, 5.41) is 9.16. The number of fused-ring (bicyclic) bond motifs is 1. The van der Waals surface area contributed by atoms with Crippen molar-refractivity contribution >= 4 is 28.3 Å². The van der Waals surface area contributed by atoms with Crippen molar-refractivity contribution < 1.29 is 4.42 Å². The molecule has 6 heteroatoms. The van der Waals surface area contributed by atoms with Crippen LogP contribution in [0.2, 0.25) is 0 Å². The third kappa shape index (κ3) is 2.12. The fourth-order valence-electron chi connectivity index (χ4n) is 1.61. The van der Waals surface area contributed by atoms with Crippen molar-refractivity contribution in [2.75, 3.05) is 5.32 Å². The summed E-state index contributed by atoms with van der Waals surface area (Å²) in [6.45, 7) is 2.51. The summed E-state index contributed by atoms with van der Waals surface area (Å²) in [5.74, 6) is 0.681. The second-order valence-corrected chi connectivity index (χ2v) is 4.28. The number of hydrogen-bond donors (Lipinski definition) is 1. The maximum absolute atomic E-state index is 5.41. The lowest BCUT2D eigenvalue weighted by Crippen LogP contribution is -1.99. The SMILES string of the molecule is Cc1nc2cc(NCc3csnn3)ccc2o1. The highest BCUT2D eigenvalue weighted by Crippen LogP contribution is 2.19. The largest absolute Gasteiger partial charge is 0.441 e. The van der Waals surface area contributed by atoms with Gasteiger partial charge in [0.1, 0.15) is 5.52 Å². The molecule has 2 aromatic heterocycles. The maximum Gasteiger partial charge on any atom is 0.192 e. The Morgan fingerprint density at radius 3 is 3.18 bits per heavy atom. The number of hydrogen-bond acceptors (Lipinski definition) is 6. The van der Waals surface area contributed by atoms with E-state index < -0.39 is 0 Å². The maximum atomic E-state index is 5.41. The van der Waals surface area contributed by atoms with Crippen LogP contribution in [0, 0.1) is 6.92 Å². The zero-order valence-corrected chi connectivity index (χ0v) is 9.99. The van der Waals surface area contributed by atoms with E-state index in [-0.39, 0.29) is 0 Å². The number of aryl methyl sites for hydroxylation is 1. The van der Waals surface area contributed by atoms with Crippen LogP contribution in [-0.2, 0) is 6.54 Å². The number of oxazole rings is 1. The number of nitrogens with zero attached hydrogens (tertiary/aromatic N) is 3. The van der Waals surface area contributed by atoms with Crippen LogP contribution in [0.4, 0.5) is 5.69 Å².